The van der Waals surface area contributed by atoms with Crippen LogP contribution in [0.25, 0.3) is 0 Å². The van der Waals surface area contributed by atoms with E-state index in [1.807, 2.05) is 48.5 Å². The molecular weight excluding hydrogens is 384 g/mol. The first-order chi connectivity index (χ1) is 13.0. The second-order valence-corrected chi connectivity index (χ2v) is 7.85. The van der Waals surface area contributed by atoms with Gasteiger partial charge in [-0.15, -0.1) is 0 Å². The number of hydrogen-bond acceptors (Lipinski definition) is 8. The van der Waals surface area contributed by atoms with E-state index in [2.05, 4.69) is 15.3 Å². The van der Waals surface area contributed by atoms with Gasteiger partial charge in [0.05, 0.1) is 11.8 Å². The maximum absolute atomic E-state index is 11.6. The fourth-order valence-corrected chi connectivity index (χ4v) is 3.73. The Labute approximate surface area is 166 Å². The fourth-order valence-electron chi connectivity index (χ4n) is 2.52. The largest absolute Gasteiger partial charge is 0.492 e. The number of likely N-dealkylation sites (N-methyl/N-ethyl adjacent to an activating group) is 1. The number of hydrogen-bond donors (Lipinski definition) is 1. The van der Waals surface area contributed by atoms with E-state index in [0.717, 1.165) is 34.0 Å². The van der Waals surface area contributed by atoms with Crippen LogP contribution in [0.4, 0.5) is 10.6 Å². The minimum atomic E-state index is -0.350. The summed E-state index contributed by atoms with van der Waals surface area (Å²) in [4.78, 5) is 33.5. The van der Waals surface area contributed by atoms with Gasteiger partial charge in [0, 0.05) is 13.2 Å². The highest BCUT2D eigenvalue weighted by Gasteiger charge is 2.31. The van der Waals surface area contributed by atoms with Gasteiger partial charge < -0.3 is 9.64 Å². The van der Waals surface area contributed by atoms with Crippen molar-refractivity contribution in [2.45, 2.75) is 16.8 Å². The normalized spacial score (nSPS) is 16.3. The highest BCUT2D eigenvalue weighted by molar-refractivity contribution is 8.15. The van der Waals surface area contributed by atoms with E-state index in [1.165, 1.54) is 11.8 Å². The SMILES string of the molecule is CSc1nccc(N(C)CCOc2ccc(CC3SC(=O)NC3=O)cc2)n1. The number of nitrogens with one attached hydrogen (secondary N) is 1. The van der Waals surface area contributed by atoms with E-state index in [1.54, 1.807) is 6.20 Å². The lowest BCUT2D eigenvalue weighted by Gasteiger charge is -2.18. The molecule has 0 bridgehead atoms. The Hall–Kier alpha value is -2.26. The van der Waals surface area contributed by atoms with Gasteiger partial charge in [-0.25, -0.2) is 9.97 Å². The zero-order valence-corrected chi connectivity index (χ0v) is 16.7. The van der Waals surface area contributed by atoms with Gasteiger partial charge in [-0.1, -0.05) is 35.7 Å². The summed E-state index contributed by atoms with van der Waals surface area (Å²) in [6, 6.07) is 9.47. The van der Waals surface area contributed by atoms with E-state index in [0.29, 0.717) is 19.6 Å². The van der Waals surface area contributed by atoms with E-state index >= 15 is 0 Å². The highest BCUT2D eigenvalue weighted by atomic mass is 32.2. The number of thioether (sulfide) groups is 2. The number of nitrogens with zero attached hydrogens (tertiary/aromatic N) is 3. The lowest BCUT2D eigenvalue weighted by Crippen LogP contribution is -2.25. The molecule has 2 aromatic rings. The summed E-state index contributed by atoms with van der Waals surface area (Å²) in [5.74, 6) is 1.40. The van der Waals surface area contributed by atoms with Crippen LogP contribution in [0.15, 0.2) is 41.7 Å². The molecule has 1 N–H and O–H groups in total. The number of carbonyl (C=O) groups excluding carboxylic acids is 2. The Morgan fingerprint density at radius 2 is 2.04 bits per heavy atom. The molecule has 2 amide bonds. The van der Waals surface area contributed by atoms with Crippen LogP contribution >= 0.6 is 23.5 Å². The van der Waals surface area contributed by atoms with Crippen LogP contribution in [0.1, 0.15) is 5.56 Å². The first kappa shape index (κ1) is 19.5. The van der Waals surface area contributed by atoms with Gasteiger partial charge >= 0.3 is 0 Å². The molecule has 9 heteroatoms. The van der Waals surface area contributed by atoms with Crippen molar-refractivity contribution in [3.8, 4) is 5.75 Å². The van der Waals surface area contributed by atoms with Crippen LogP contribution in [0, 0.1) is 0 Å². The summed E-state index contributed by atoms with van der Waals surface area (Å²) in [7, 11) is 1.96. The molecule has 3 rings (SSSR count). The van der Waals surface area contributed by atoms with E-state index in [-0.39, 0.29) is 16.4 Å². The molecule has 1 unspecified atom stereocenters. The average molecular weight is 405 g/mol. The number of anilines is 1. The predicted octanol–water partition coefficient (Wildman–Crippen LogP) is 2.61. The van der Waals surface area contributed by atoms with Gasteiger partial charge in [0.15, 0.2) is 5.16 Å². The van der Waals surface area contributed by atoms with E-state index in [4.69, 9.17) is 4.74 Å². The molecule has 0 spiro atoms. The maximum Gasteiger partial charge on any atom is 0.286 e. The maximum atomic E-state index is 11.6. The van der Waals surface area contributed by atoms with Gasteiger partial charge in [0.1, 0.15) is 18.2 Å². The molecule has 0 radical (unpaired) electrons. The minimum absolute atomic E-state index is 0.220. The predicted molar refractivity (Wildman–Crippen MR) is 108 cm³/mol. The number of carbonyl (C=O) groups is 2. The van der Waals surface area contributed by atoms with Crippen LogP contribution in [-0.2, 0) is 11.2 Å². The molecule has 0 saturated carbocycles. The van der Waals surface area contributed by atoms with Crippen molar-refractivity contribution >= 4 is 40.5 Å². The monoisotopic (exact) mass is 404 g/mol. The first-order valence-electron chi connectivity index (χ1n) is 8.36. The van der Waals surface area contributed by atoms with Crippen LogP contribution in [0.3, 0.4) is 0 Å². The van der Waals surface area contributed by atoms with Crippen LogP contribution in [-0.4, -0.2) is 52.8 Å². The summed E-state index contributed by atoms with van der Waals surface area (Å²) >= 11 is 2.55. The first-order valence-corrected chi connectivity index (χ1v) is 10.5. The van der Waals surface area contributed by atoms with E-state index < -0.39 is 0 Å². The molecule has 1 atom stereocenters. The Morgan fingerprint density at radius 1 is 1.26 bits per heavy atom. The third kappa shape index (κ3) is 5.36. The summed E-state index contributed by atoms with van der Waals surface area (Å²) < 4.78 is 5.79. The van der Waals surface area contributed by atoms with Gasteiger partial charge in [0.25, 0.3) is 5.24 Å². The van der Waals surface area contributed by atoms with Gasteiger partial charge in [-0.2, -0.15) is 0 Å². The van der Waals surface area contributed by atoms with Crippen molar-refractivity contribution in [2.75, 3.05) is 31.4 Å². The quantitative estimate of drug-likeness (QED) is 0.531. The number of imide groups is 1. The topological polar surface area (TPSA) is 84.4 Å². The van der Waals surface area contributed by atoms with Gasteiger partial charge in [-0.3, -0.25) is 14.9 Å². The second-order valence-electron chi connectivity index (χ2n) is 5.90. The highest BCUT2D eigenvalue weighted by Crippen LogP contribution is 2.24. The summed E-state index contributed by atoms with van der Waals surface area (Å²) in [6.07, 6.45) is 4.22. The smallest absolute Gasteiger partial charge is 0.286 e. The molecule has 1 fully saturated rings. The fraction of sp³-hybridized carbons (Fsp3) is 0.333. The van der Waals surface area contributed by atoms with Crippen LogP contribution in [0.5, 0.6) is 5.75 Å². The zero-order valence-electron chi connectivity index (χ0n) is 15.0. The van der Waals surface area contributed by atoms with Gasteiger partial charge in [0.2, 0.25) is 5.91 Å². The van der Waals surface area contributed by atoms with Crippen molar-refractivity contribution < 1.29 is 14.3 Å². The number of amides is 2. The van der Waals surface area contributed by atoms with Gasteiger partial charge in [-0.05, 0) is 36.4 Å². The molecule has 1 aromatic carbocycles. The molecule has 142 valence electrons. The van der Waals surface area contributed by atoms with Crippen molar-refractivity contribution in [1.29, 1.82) is 0 Å². The van der Waals surface area contributed by atoms with Crippen molar-refractivity contribution in [3.05, 3.63) is 42.1 Å². The molecule has 2 heterocycles. The van der Waals surface area contributed by atoms with Crippen molar-refractivity contribution in [1.82, 2.24) is 15.3 Å². The molecule has 27 heavy (non-hydrogen) atoms. The number of rotatable bonds is 8. The number of ether oxygens (including phenoxy) is 1. The Bertz CT molecular complexity index is 817. The molecule has 0 aliphatic carbocycles. The lowest BCUT2D eigenvalue weighted by molar-refractivity contribution is -0.118. The average Bonchev–Trinajstić information content (AvgIpc) is 3.00. The number of benzene rings is 1. The van der Waals surface area contributed by atoms with Crippen molar-refractivity contribution in [2.24, 2.45) is 0 Å². The summed E-state index contributed by atoms with van der Waals surface area (Å²) in [6.45, 7) is 1.21. The van der Waals surface area contributed by atoms with Crippen LogP contribution in [0.2, 0.25) is 0 Å². The lowest BCUT2D eigenvalue weighted by atomic mass is 10.1. The molecule has 1 aliphatic rings. The minimum Gasteiger partial charge on any atom is -0.492 e. The molecule has 1 aliphatic heterocycles. The van der Waals surface area contributed by atoms with E-state index in [9.17, 15) is 9.59 Å². The van der Waals surface area contributed by atoms with Crippen molar-refractivity contribution in [3.63, 3.8) is 0 Å². The van der Waals surface area contributed by atoms with Crippen LogP contribution < -0.4 is 15.0 Å². The standard InChI is InChI=1S/C18H20N4O3S2/c1-22(15-7-8-19-17(20-15)26-2)9-10-25-13-5-3-12(4-6-13)11-14-16(23)21-18(24)27-14/h3-8,14H,9-11H2,1-2H3,(H,21,23,24). The third-order valence-electron chi connectivity index (χ3n) is 4.00. The molecule has 1 aromatic heterocycles. The third-order valence-corrected chi connectivity index (χ3v) is 5.54. The summed E-state index contributed by atoms with van der Waals surface area (Å²) in [5, 5.41) is 2.42. The zero-order chi connectivity index (χ0) is 19.2. The molecule has 1 saturated heterocycles. The Balaban J connectivity index is 1.47. The summed E-state index contributed by atoms with van der Waals surface area (Å²) in [5.41, 5.74) is 0.993. The second kappa shape index (κ2) is 9.09. The Kier molecular flexibility index (Phi) is 6.57. The number of aromatic nitrogens is 2. The molecular formula is C18H20N4O3S2. The Morgan fingerprint density at radius 3 is 2.70 bits per heavy atom. The molecule has 7 nitrogen and oxygen atoms in total.